The van der Waals surface area contributed by atoms with Crippen molar-refractivity contribution in [1.82, 2.24) is 10.6 Å². The van der Waals surface area contributed by atoms with Gasteiger partial charge in [-0.3, -0.25) is 0 Å². The van der Waals surface area contributed by atoms with E-state index in [2.05, 4.69) is 38.3 Å². The van der Waals surface area contributed by atoms with Crippen molar-refractivity contribution >= 4 is 0 Å². The van der Waals surface area contributed by atoms with Crippen molar-refractivity contribution in [1.29, 1.82) is 0 Å². The Kier molecular flexibility index (Phi) is 5.77. The number of rotatable bonds is 6. The molecule has 0 aromatic carbocycles. The van der Waals surface area contributed by atoms with E-state index in [0.717, 1.165) is 5.92 Å². The Morgan fingerprint density at radius 3 is 2.31 bits per heavy atom. The molecule has 0 spiro atoms. The Labute approximate surface area is 102 Å². The molecule has 2 N–H and O–H groups in total. The Hall–Kier alpha value is -0.0800. The molecule has 0 saturated carbocycles. The minimum absolute atomic E-state index is 0.397. The van der Waals surface area contributed by atoms with Crippen molar-refractivity contribution in [2.24, 2.45) is 5.92 Å². The second-order valence-electron chi connectivity index (χ2n) is 5.47. The van der Waals surface area contributed by atoms with Gasteiger partial charge in [0.1, 0.15) is 0 Å². The second kappa shape index (κ2) is 6.61. The first-order valence-corrected chi connectivity index (χ1v) is 7.14. The van der Waals surface area contributed by atoms with Crippen LogP contribution in [0, 0.1) is 5.92 Å². The molecule has 0 amide bonds. The lowest BCUT2D eigenvalue weighted by Crippen LogP contribution is -2.48. The van der Waals surface area contributed by atoms with Gasteiger partial charge in [-0.2, -0.15) is 0 Å². The molecule has 1 fully saturated rings. The van der Waals surface area contributed by atoms with Crippen molar-refractivity contribution in [2.45, 2.75) is 71.4 Å². The van der Waals surface area contributed by atoms with Crippen LogP contribution in [0.5, 0.6) is 0 Å². The predicted octanol–water partition coefficient (Wildman–Crippen LogP) is 2.93. The molecule has 96 valence electrons. The van der Waals surface area contributed by atoms with E-state index in [9.17, 15) is 0 Å². The van der Waals surface area contributed by atoms with E-state index >= 15 is 0 Å². The average molecular weight is 226 g/mol. The molecule has 0 aliphatic carbocycles. The van der Waals surface area contributed by atoms with Gasteiger partial charge in [-0.25, -0.2) is 0 Å². The summed E-state index contributed by atoms with van der Waals surface area (Å²) in [5.41, 5.74) is 0.397. The topological polar surface area (TPSA) is 24.1 Å². The molecule has 0 aromatic rings. The Balaban J connectivity index is 2.36. The maximum absolute atomic E-state index is 3.84. The van der Waals surface area contributed by atoms with Crippen LogP contribution in [0.2, 0.25) is 0 Å². The molecular formula is C14H30N2. The van der Waals surface area contributed by atoms with Gasteiger partial charge in [-0.1, -0.05) is 20.8 Å². The molecule has 1 rings (SSSR count). The molecule has 1 heterocycles. The summed E-state index contributed by atoms with van der Waals surface area (Å²) in [6.07, 6.45) is 6.42. The van der Waals surface area contributed by atoms with Crippen LogP contribution in [0.25, 0.3) is 0 Å². The Bertz CT molecular complexity index is 179. The second-order valence-corrected chi connectivity index (χ2v) is 5.47. The summed E-state index contributed by atoms with van der Waals surface area (Å²) in [6.45, 7) is 11.6. The fourth-order valence-electron chi connectivity index (χ4n) is 2.91. The molecule has 2 unspecified atom stereocenters. The van der Waals surface area contributed by atoms with Gasteiger partial charge in [-0.15, -0.1) is 0 Å². The molecular weight excluding hydrogens is 196 g/mol. The van der Waals surface area contributed by atoms with Crippen molar-refractivity contribution in [2.75, 3.05) is 13.1 Å². The highest BCUT2D eigenvalue weighted by molar-refractivity contribution is 4.86. The van der Waals surface area contributed by atoms with Gasteiger partial charge in [0.15, 0.2) is 0 Å². The third-order valence-corrected chi connectivity index (χ3v) is 4.53. The normalized spacial score (nSPS) is 27.0. The van der Waals surface area contributed by atoms with Gasteiger partial charge >= 0.3 is 0 Å². The van der Waals surface area contributed by atoms with Crippen LogP contribution in [-0.4, -0.2) is 24.7 Å². The third-order valence-electron chi connectivity index (χ3n) is 4.53. The number of hydrogen-bond acceptors (Lipinski definition) is 2. The van der Waals surface area contributed by atoms with E-state index in [4.69, 9.17) is 0 Å². The minimum Gasteiger partial charge on any atom is -0.314 e. The number of nitrogens with one attached hydrogen (secondary N) is 2. The molecule has 0 bridgehead atoms. The molecule has 0 aromatic heterocycles. The van der Waals surface area contributed by atoms with Gasteiger partial charge in [0, 0.05) is 11.6 Å². The molecule has 2 heteroatoms. The largest absolute Gasteiger partial charge is 0.314 e. The van der Waals surface area contributed by atoms with Crippen LogP contribution in [0.1, 0.15) is 59.8 Å². The monoisotopic (exact) mass is 226 g/mol. The van der Waals surface area contributed by atoms with Gasteiger partial charge in [0.2, 0.25) is 0 Å². The summed E-state index contributed by atoms with van der Waals surface area (Å²) in [4.78, 5) is 0. The van der Waals surface area contributed by atoms with Crippen molar-refractivity contribution in [3.05, 3.63) is 0 Å². The summed E-state index contributed by atoms with van der Waals surface area (Å²) in [6, 6.07) is 0.708. The Morgan fingerprint density at radius 2 is 1.81 bits per heavy atom. The molecule has 1 aliphatic heterocycles. The van der Waals surface area contributed by atoms with Gasteiger partial charge in [0.25, 0.3) is 0 Å². The molecule has 0 radical (unpaired) electrons. The van der Waals surface area contributed by atoms with E-state index in [-0.39, 0.29) is 0 Å². The summed E-state index contributed by atoms with van der Waals surface area (Å²) in [5.74, 6) is 0.875. The minimum atomic E-state index is 0.397. The van der Waals surface area contributed by atoms with Crippen molar-refractivity contribution in [3.8, 4) is 0 Å². The zero-order valence-corrected chi connectivity index (χ0v) is 11.6. The molecule has 16 heavy (non-hydrogen) atoms. The maximum Gasteiger partial charge on any atom is 0.0173 e. The first kappa shape index (κ1) is 14.0. The zero-order chi connectivity index (χ0) is 12.0. The standard InChI is InChI=1S/C14H30N2/c1-5-14(6-2,7-3)16-11-13-8-9-15-12(4)10-13/h12-13,15-16H,5-11H2,1-4H3. The third kappa shape index (κ3) is 3.74. The van der Waals surface area contributed by atoms with Crippen LogP contribution >= 0.6 is 0 Å². The Morgan fingerprint density at radius 1 is 1.19 bits per heavy atom. The summed E-state index contributed by atoms with van der Waals surface area (Å²) in [7, 11) is 0. The lowest BCUT2D eigenvalue weighted by atomic mass is 9.87. The highest BCUT2D eigenvalue weighted by Crippen LogP contribution is 2.22. The van der Waals surface area contributed by atoms with E-state index in [1.165, 1.54) is 45.2 Å². The highest BCUT2D eigenvalue weighted by Gasteiger charge is 2.25. The number of piperidine rings is 1. The molecule has 2 nitrogen and oxygen atoms in total. The van der Waals surface area contributed by atoms with Gasteiger partial charge in [-0.05, 0) is 58.0 Å². The predicted molar refractivity (Wildman–Crippen MR) is 71.8 cm³/mol. The summed E-state index contributed by atoms with van der Waals surface area (Å²) in [5, 5.41) is 7.37. The first-order valence-electron chi connectivity index (χ1n) is 7.14. The molecule has 1 aliphatic rings. The lowest BCUT2D eigenvalue weighted by molar-refractivity contribution is 0.236. The zero-order valence-electron chi connectivity index (χ0n) is 11.6. The fraction of sp³-hybridized carbons (Fsp3) is 1.00. The maximum atomic E-state index is 3.84. The summed E-state index contributed by atoms with van der Waals surface area (Å²) < 4.78 is 0. The SMILES string of the molecule is CCC(CC)(CC)NCC1CCNC(C)C1. The van der Waals surface area contributed by atoms with Crippen molar-refractivity contribution < 1.29 is 0 Å². The van der Waals surface area contributed by atoms with E-state index in [1.54, 1.807) is 0 Å². The fourth-order valence-corrected chi connectivity index (χ4v) is 2.91. The molecule has 1 saturated heterocycles. The summed E-state index contributed by atoms with van der Waals surface area (Å²) >= 11 is 0. The highest BCUT2D eigenvalue weighted by atomic mass is 15.0. The van der Waals surface area contributed by atoms with Crippen LogP contribution in [0.4, 0.5) is 0 Å². The van der Waals surface area contributed by atoms with E-state index in [0.29, 0.717) is 11.6 Å². The quantitative estimate of drug-likeness (QED) is 0.727. The van der Waals surface area contributed by atoms with Crippen LogP contribution in [-0.2, 0) is 0 Å². The van der Waals surface area contributed by atoms with E-state index < -0.39 is 0 Å². The van der Waals surface area contributed by atoms with Gasteiger partial charge < -0.3 is 10.6 Å². The molecule has 2 atom stereocenters. The van der Waals surface area contributed by atoms with Crippen LogP contribution in [0.3, 0.4) is 0 Å². The smallest absolute Gasteiger partial charge is 0.0173 e. The van der Waals surface area contributed by atoms with Crippen LogP contribution in [0.15, 0.2) is 0 Å². The van der Waals surface area contributed by atoms with Crippen LogP contribution < -0.4 is 10.6 Å². The van der Waals surface area contributed by atoms with Crippen molar-refractivity contribution in [3.63, 3.8) is 0 Å². The average Bonchev–Trinajstić information content (AvgIpc) is 2.32. The first-order chi connectivity index (χ1) is 7.65. The van der Waals surface area contributed by atoms with E-state index in [1.807, 2.05) is 0 Å². The lowest BCUT2D eigenvalue weighted by Gasteiger charge is -2.36. The van der Waals surface area contributed by atoms with Gasteiger partial charge in [0.05, 0.1) is 0 Å². The number of hydrogen-bond donors (Lipinski definition) is 2.